The molecule has 0 bridgehead atoms. The first-order chi connectivity index (χ1) is 20.6. The molecule has 236 valence electrons. The van der Waals surface area contributed by atoms with Crippen molar-refractivity contribution in [3.63, 3.8) is 0 Å². The van der Waals surface area contributed by atoms with Gasteiger partial charge < -0.3 is 25.6 Å². The van der Waals surface area contributed by atoms with Crippen LogP contribution in [0, 0.1) is 5.92 Å². The van der Waals surface area contributed by atoms with E-state index in [0.717, 1.165) is 56.7 Å². The zero-order valence-electron chi connectivity index (χ0n) is 26.2. The van der Waals surface area contributed by atoms with Crippen LogP contribution in [0.3, 0.4) is 0 Å². The first-order valence-corrected chi connectivity index (χ1v) is 15.9. The molecule has 0 spiro atoms. The Morgan fingerprint density at radius 2 is 1.67 bits per heavy atom. The smallest absolute Gasteiger partial charge is 0.245 e. The van der Waals surface area contributed by atoms with Crippen molar-refractivity contribution in [1.29, 1.82) is 0 Å². The minimum Gasteiger partial charge on any atom is -0.496 e. The van der Waals surface area contributed by atoms with E-state index in [2.05, 4.69) is 41.1 Å². The van der Waals surface area contributed by atoms with Crippen LogP contribution in [0.2, 0.25) is 5.02 Å². The standard InChI is InChI=1S/C33H49ClN6O3/c1-24(2)23-40(39-19-17-37(3)18-20-39)27-13-15-38(16-14-27)33(42)30(21-25-9-11-26(34)12-10-25)36-32(41)22-29(35)28-7-5-6-8-31(28)43-4/h5-12,24,27,29-30H,13-23,35H2,1-4H3,(H,36,41). The highest BCUT2D eigenvalue weighted by Gasteiger charge is 2.34. The second-order valence-corrected chi connectivity index (χ2v) is 12.8. The third kappa shape index (κ3) is 9.40. The number of likely N-dealkylation sites (N-methyl/N-ethyl adjacent to an activating group) is 1. The van der Waals surface area contributed by atoms with Gasteiger partial charge in [-0.1, -0.05) is 55.8 Å². The number of piperazine rings is 1. The van der Waals surface area contributed by atoms with Gasteiger partial charge in [0.2, 0.25) is 11.8 Å². The summed E-state index contributed by atoms with van der Waals surface area (Å²) in [6.45, 7) is 11.1. The zero-order chi connectivity index (χ0) is 30.9. The summed E-state index contributed by atoms with van der Waals surface area (Å²) < 4.78 is 5.43. The maximum atomic E-state index is 14.0. The molecule has 10 heteroatoms. The van der Waals surface area contributed by atoms with Gasteiger partial charge in [-0.25, -0.2) is 10.0 Å². The Kier molecular flexibility index (Phi) is 12.2. The van der Waals surface area contributed by atoms with Crippen LogP contribution in [-0.2, 0) is 16.0 Å². The molecule has 0 radical (unpaired) electrons. The molecule has 9 nitrogen and oxygen atoms in total. The third-order valence-electron chi connectivity index (χ3n) is 8.52. The Balaban J connectivity index is 1.42. The molecule has 2 saturated heterocycles. The summed E-state index contributed by atoms with van der Waals surface area (Å²) in [4.78, 5) is 31.5. The second kappa shape index (κ2) is 15.9. The van der Waals surface area contributed by atoms with Gasteiger partial charge in [0.1, 0.15) is 11.8 Å². The quantitative estimate of drug-likeness (QED) is 0.378. The normalized spacial score (nSPS) is 18.6. The van der Waals surface area contributed by atoms with Gasteiger partial charge in [-0.05, 0) is 49.6 Å². The fraction of sp³-hybridized carbons (Fsp3) is 0.576. The number of nitrogens with zero attached hydrogens (tertiary/aromatic N) is 4. The fourth-order valence-electron chi connectivity index (χ4n) is 6.12. The zero-order valence-corrected chi connectivity index (χ0v) is 26.9. The predicted molar refractivity (Wildman–Crippen MR) is 172 cm³/mol. The van der Waals surface area contributed by atoms with E-state index in [0.29, 0.717) is 42.2 Å². The van der Waals surface area contributed by atoms with Gasteiger partial charge in [-0.15, -0.1) is 0 Å². The van der Waals surface area contributed by atoms with Crippen LogP contribution in [-0.4, -0.2) is 104 Å². The fourth-order valence-corrected chi connectivity index (χ4v) is 6.25. The number of hydrazine groups is 1. The predicted octanol–water partition coefficient (Wildman–Crippen LogP) is 3.58. The summed E-state index contributed by atoms with van der Waals surface area (Å²) >= 11 is 6.11. The number of ether oxygens (including phenoxy) is 1. The maximum Gasteiger partial charge on any atom is 0.245 e. The molecule has 2 unspecified atom stereocenters. The lowest BCUT2D eigenvalue weighted by molar-refractivity contribution is -0.140. The Bertz CT molecular complexity index is 1180. The monoisotopic (exact) mass is 612 g/mol. The molecule has 2 aromatic rings. The first kappa shape index (κ1) is 33.2. The van der Waals surface area contributed by atoms with Crippen molar-refractivity contribution in [2.24, 2.45) is 11.7 Å². The lowest BCUT2D eigenvalue weighted by Gasteiger charge is -2.47. The highest BCUT2D eigenvalue weighted by atomic mass is 35.5. The van der Waals surface area contributed by atoms with Gasteiger partial charge in [-0.3, -0.25) is 9.59 Å². The first-order valence-electron chi connectivity index (χ1n) is 15.6. The van der Waals surface area contributed by atoms with Crippen LogP contribution in [0.5, 0.6) is 5.75 Å². The summed E-state index contributed by atoms with van der Waals surface area (Å²) in [6.07, 6.45) is 2.24. The number of piperidine rings is 1. The average molecular weight is 613 g/mol. The molecule has 2 aromatic carbocycles. The number of amides is 2. The molecule has 2 atom stereocenters. The van der Waals surface area contributed by atoms with Gasteiger partial charge in [-0.2, -0.15) is 0 Å². The Morgan fingerprint density at radius 1 is 1.02 bits per heavy atom. The summed E-state index contributed by atoms with van der Waals surface area (Å²) in [5.74, 6) is 0.879. The SMILES string of the molecule is COc1ccccc1C(N)CC(=O)NC(Cc1ccc(Cl)cc1)C(=O)N1CCC(N(CC(C)C)N2CCN(C)CC2)CC1. The summed E-state index contributed by atoms with van der Waals surface area (Å²) in [7, 11) is 3.77. The number of hydrogen-bond acceptors (Lipinski definition) is 7. The molecule has 0 saturated carbocycles. The molecule has 2 heterocycles. The molecule has 2 aliphatic rings. The van der Waals surface area contributed by atoms with Gasteiger partial charge in [0.15, 0.2) is 0 Å². The van der Waals surface area contributed by atoms with Crippen molar-refractivity contribution >= 4 is 23.4 Å². The number of likely N-dealkylation sites (tertiary alicyclic amines) is 1. The number of nitrogens with one attached hydrogen (secondary N) is 1. The lowest BCUT2D eigenvalue weighted by atomic mass is 9.99. The maximum absolute atomic E-state index is 14.0. The van der Waals surface area contributed by atoms with Crippen LogP contribution >= 0.6 is 11.6 Å². The molecule has 2 amide bonds. The lowest BCUT2D eigenvalue weighted by Crippen LogP contribution is -2.60. The second-order valence-electron chi connectivity index (χ2n) is 12.3. The van der Waals surface area contributed by atoms with E-state index in [-0.39, 0.29) is 18.2 Å². The van der Waals surface area contributed by atoms with E-state index >= 15 is 0 Å². The van der Waals surface area contributed by atoms with Crippen LogP contribution < -0.4 is 15.8 Å². The van der Waals surface area contributed by atoms with E-state index in [1.165, 1.54) is 0 Å². The van der Waals surface area contributed by atoms with Crippen LogP contribution in [0.4, 0.5) is 0 Å². The van der Waals surface area contributed by atoms with E-state index in [9.17, 15) is 9.59 Å². The van der Waals surface area contributed by atoms with Crippen molar-refractivity contribution in [2.75, 3.05) is 60.0 Å². The van der Waals surface area contributed by atoms with Crippen LogP contribution in [0.1, 0.15) is 50.3 Å². The summed E-state index contributed by atoms with van der Waals surface area (Å²) in [6, 6.07) is 14.0. The number of nitrogens with two attached hydrogens (primary N) is 1. The van der Waals surface area contributed by atoms with E-state index in [1.54, 1.807) is 7.11 Å². The highest BCUT2D eigenvalue weighted by Crippen LogP contribution is 2.26. The molecule has 43 heavy (non-hydrogen) atoms. The number of halogens is 1. The molecular formula is C33H49ClN6O3. The van der Waals surface area contributed by atoms with E-state index in [4.69, 9.17) is 22.1 Å². The Morgan fingerprint density at radius 3 is 2.30 bits per heavy atom. The van der Waals surface area contributed by atoms with Crippen molar-refractivity contribution in [1.82, 2.24) is 25.1 Å². The molecule has 0 aliphatic carbocycles. The van der Waals surface area contributed by atoms with Crippen molar-refractivity contribution in [3.05, 3.63) is 64.7 Å². The number of carbonyl (C=O) groups is 2. The van der Waals surface area contributed by atoms with Crippen molar-refractivity contribution in [3.8, 4) is 5.75 Å². The number of hydrogen-bond donors (Lipinski definition) is 2. The molecule has 2 fully saturated rings. The minimum atomic E-state index is -0.695. The highest BCUT2D eigenvalue weighted by molar-refractivity contribution is 6.30. The average Bonchev–Trinajstić information content (AvgIpc) is 3.00. The number of para-hydroxylation sites is 1. The number of benzene rings is 2. The van der Waals surface area contributed by atoms with Gasteiger partial charge in [0.25, 0.3) is 0 Å². The molecule has 2 aliphatic heterocycles. The van der Waals surface area contributed by atoms with Gasteiger partial charge >= 0.3 is 0 Å². The Labute approximate surface area is 262 Å². The number of carbonyl (C=O) groups excluding carboxylic acids is 2. The largest absolute Gasteiger partial charge is 0.496 e. The van der Waals surface area contributed by atoms with Crippen molar-refractivity contribution in [2.45, 2.75) is 57.7 Å². The van der Waals surface area contributed by atoms with Crippen LogP contribution in [0.15, 0.2) is 48.5 Å². The topological polar surface area (TPSA) is 94.4 Å². The number of methoxy groups -OCH3 is 1. The third-order valence-corrected chi connectivity index (χ3v) is 8.77. The molecular weight excluding hydrogens is 564 g/mol. The number of rotatable bonds is 12. The summed E-state index contributed by atoms with van der Waals surface area (Å²) in [5.41, 5.74) is 8.11. The molecule has 0 aromatic heterocycles. The molecule has 3 N–H and O–H groups in total. The minimum absolute atomic E-state index is 0.0437. The van der Waals surface area contributed by atoms with E-state index in [1.807, 2.05) is 53.4 Å². The van der Waals surface area contributed by atoms with Crippen molar-refractivity contribution < 1.29 is 14.3 Å². The summed E-state index contributed by atoms with van der Waals surface area (Å²) in [5, 5.41) is 8.75. The van der Waals surface area contributed by atoms with Crippen LogP contribution in [0.25, 0.3) is 0 Å². The van der Waals surface area contributed by atoms with E-state index < -0.39 is 12.1 Å². The molecule has 4 rings (SSSR count). The van der Waals surface area contributed by atoms with Gasteiger partial charge in [0, 0.05) is 81.3 Å². The Hall–Kier alpha value is -2.69. The van der Waals surface area contributed by atoms with Gasteiger partial charge in [0.05, 0.1) is 7.11 Å².